The first-order valence-corrected chi connectivity index (χ1v) is 9.55. The Morgan fingerprint density at radius 2 is 1.80 bits per heavy atom. The van der Waals surface area contributed by atoms with Gasteiger partial charge in [0.2, 0.25) is 0 Å². The lowest BCUT2D eigenvalue weighted by molar-refractivity contribution is -0.137. The first-order chi connectivity index (χ1) is 14.5. The van der Waals surface area contributed by atoms with E-state index in [1.54, 1.807) is 30.3 Å². The van der Waals surface area contributed by atoms with Crippen LogP contribution in [0.15, 0.2) is 48.2 Å². The van der Waals surface area contributed by atoms with Crippen LogP contribution in [0.25, 0.3) is 0 Å². The summed E-state index contributed by atoms with van der Waals surface area (Å²) in [6.07, 6.45) is 1.12. The van der Waals surface area contributed by atoms with Crippen molar-refractivity contribution in [2.24, 2.45) is 0 Å². The van der Waals surface area contributed by atoms with Crippen molar-refractivity contribution < 1.29 is 29.0 Å². The number of benzene rings is 2. The molecule has 0 bridgehead atoms. The van der Waals surface area contributed by atoms with E-state index in [-0.39, 0.29) is 46.5 Å². The predicted molar refractivity (Wildman–Crippen MR) is 108 cm³/mol. The van der Waals surface area contributed by atoms with Crippen molar-refractivity contribution >= 4 is 34.9 Å². The van der Waals surface area contributed by atoms with Crippen LogP contribution < -0.4 is 14.8 Å². The lowest BCUT2D eigenvalue weighted by Crippen LogP contribution is -2.34. The molecule has 2 aliphatic heterocycles. The molecule has 2 amide bonds. The van der Waals surface area contributed by atoms with Crippen molar-refractivity contribution in [1.82, 2.24) is 4.90 Å². The van der Waals surface area contributed by atoms with Gasteiger partial charge in [-0.05, 0) is 18.2 Å². The van der Waals surface area contributed by atoms with Crippen molar-refractivity contribution in [3.8, 4) is 11.5 Å². The molecular formula is C21H17ClN2O6. The van der Waals surface area contributed by atoms with Gasteiger partial charge in [0.05, 0.1) is 29.4 Å². The largest absolute Gasteiger partial charge is 0.486 e. The Bertz CT molecular complexity index is 1080. The number of hydrogen-bond donors (Lipinski definition) is 2. The second kappa shape index (κ2) is 8.17. The standard InChI is InChI=1S/C21H17ClN2O6/c22-14-4-2-1-3-12(14)20(27)13-9-17-18(30-8-7-29-17)10-15(13)23-16-11-19(26)24(5-6-25)21(16)28/h1-4,9-11,23,25H,5-8H2. The average Bonchev–Trinajstić information content (AvgIpc) is 3.01. The van der Waals surface area contributed by atoms with E-state index in [4.69, 9.17) is 26.2 Å². The molecule has 2 aliphatic rings. The number of hydrogen-bond acceptors (Lipinski definition) is 7. The van der Waals surface area contributed by atoms with E-state index in [0.29, 0.717) is 24.7 Å². The van der Waals surface area contributed by atoms with Crippen molar-refractivity contribution in [3.05, 3.63) is 64.3 Å². The molecule has 2 aromatic carbocycles. The molecular weight excluding hydrogens is 412 g/mol. The van der Waals surface area contributed by atoms with Crippen molar-refractivity contribution in [2.75, 3.05) is 31.7 Å². The molecule has 0 aliphatic carbocycles. The zero-order valence-corrected chi connectivity index (χ0v) is 16.4. The summed E-state index contributed by atoms with van der Waals surface area (Å²) in [6, 6.07) is 9.68. The Hall–Kier alpha value is -3.36. The quantitative estimate of drug-likeness (QED) is 0.535. The molecule has 2 aromatic rings. The topological polar surface area (TPSA) is 105 Å². The number of ketones is 1. The Balaban J connectivity index is 1.75. The number of nitrogens with one attached hydrogen (secondary N) is 1. The summed E-state index contributed by atoms with van der Waals surface area (Å²) in [5.74, 6) is -0.728. The minimum absolute atomic E-state index is 0.0154. The van der Waals surface area contributed by atoms with Crippen LogP contribution in [0.4, 0.5) is 5.69 Å². The molecule has 4 rings (SSSR count). The van der Waals surface area contributed by atoms with Gasteiger partial charge in [0.15, 0.2) is 17.3 Å². The van der Waals surface area contributed by atoms with Crippen LogP contribution in [0.1, 0.15) is 15.9 Å². The number of β-amino-alcohol motifs (C(OH)–C–C–N with tert-alkyl or cyclic N) is 1. The van der Waals surface area contributed by atoms with E-state index in [9.17, 15) is 14.4 Å². The highest BCUT2D eigenvalue weighted by molar-refractivity contribution is 6.35. The molecule has 0 saturated heterocycles. The van der Waals surface area contributed by atoms with Gasteiger partial charge in [0.1, 0.15) is 18.9 Å². The maximum absolute atomic E-state index is 13.2. The SMILES string of the molecule is O=C(c1ccccc1Cl)c1cc2c(cc1NC1=CC(=O)N(CCO)C1=O)OCCO2. The summed E-state index contributed by atoms with van der Waals surface area (Å²) in [4.78, 5) is 38.7. The fraction of sp³-hybridized carbons (Fsp3) is 0.190. The van der Waals surface area contributed by atoms with E-state index in [2.05, 4.69) is 5.32 Å². The third kappa shape index (κ3) is 3.62. The molecule has 0 atom stereocenters. The normalized spacial score (nSPS) is 15.3. The first kappa shape index (κ1) is 19.9. The Morgan fingerprint density at radius 3 is 2.50 bits per heavy atom. The highest BCUT2D eigenvalue weighted by atomic mass is 35.5. The number of rotatable bonds is 6. The number of anilines is 1. The van der Waals surface area contributed by atoms with E-state index >= 15 is 0 Å². The maximum Gasteiger partial charge on any atom is 0.277 e. The molecule has 0 saturated carbocycles. The smallest absolute Gasteiger partial charge is 0.277 e. The number of fused-ring (bicyclic) bond motifs is 1. The van der Waals surface area contributed by atoms with Crippen LogP contribution in [0.2, 0.25) is 5.02 Å². The van der Waals surface area contributed by atoms with E-state index in [1.807, 2.05) is 0 Å². The first-order valence-electron chi connectivity index (χ1n) is 9.18. The second-order valence-corrected chi connectivity index (χ2v) is 6.96. The van der Waals surface area contributed by atoms with Crippen molar-refractivity contribution in [2.45, 2.75) is 0 Å². The van der Waals surface area contributed by atoms with Gasteiger partial charge in [0.25, 0.3) is 11.8 Å². The van der Waals surface area contributed by atoms with Crippen LogP contribution in [0, 0.1) is 0 Å². The van der Waals surface area contributed by atoms with Gasteiger partial charge in [0, 0.05) is 17.7 Å². The number of amides is 2. The number of halogens is 1. The summed E-state index contributed by atoms with van der Waals surface area (Å²) in [5, 5.41) is 12.2. The minimum atomic E-state index is -0.597. The molecule has 154 valence electrons. The van der Waals surface area contributed by atoms with Gasteiger partial charge in [-0.1, -0.05) is 23.7 Å². The summed E-state index contributed by atoms with van der Waals surface area (Å²) in [6.45, 7) is 0.215. The fourth-order valence-corrected chi connectivity index (χ4v) is 3.45. The summed E-state index contributed by atoms with van der Waals surface area (Å²) in [7, 11) is 0. The number of imide groups is 1. The minimum Gasteiger partial charge on any atom is -0.486 e. The van der Waals surface area contributed by atoms with Gasteiger partial charge in [-0.15, -0.1) is 0 Å². The van der Waals surface area contributed by atoms with Gasteiger partial charge >= 0.3 is 0 Å². The van der Waals surface area contributed by atoms with Crippen molar-refractivity contribution in [1.29, 1.82) is 0 Å². The van der Waals surface area contributed by atoms with Crippen LogP contribution in [0.5, 0.6) is 11.5 Å². The number of nitrogens with zero attached hydrogens (tertiary/aromatic N) is 1. The molecule has 2 N–H and O–H groups in total. The fourth-order valence-electron chi connectivity index (χ4n) is 3.23. The van der Waals surface area contributed by atoms with E-state index in [1.165, 1.54) is 6.07 Å². The molecule has 0 aromatic heterocycles. The highest BCUT2D eigenvalue weighted by Gasteiger charge is 2.32. The lowest BCUT2D eigenvalue weighted by Gasteiger charge is -2.22. The predicted octanol–water partition coefficient (Wildman–Crippen LogP) is 2.00. The van der Waals surface area contributed by atoms with E-state index < -0.39 is 11.8 Å². The number of ether oxygens (including phenoxy) is 2. The van der Waals surface area contributed by atoms with Gasteiger partial charge in [-0.2, -0.15) is 0 Å². The van der Waals surface area contributed by atoms with Crippen LogP contribution in [-0.2, 0) is 9.59 Å². The van der Waals surface area contributed by atoms with Gasteiger partial charge in [-0.3, -0.25) is 19.3 Å². The molecule has 0 unspecified atom stereocenters. The molecule has 8 nitrogen and oxygen atoms in total. The Kier molecular flexibility index (Phi) is 5.43. The monoisotopic (exact) mass is 428 g/mol. The molecule has 30 heavy (non-hydrogen) atoms. The highest BCUT2D eigenvalue weighted by Crippen LogP contribution is 2.38. The lowest BCUT2D eigenvalue weighted by atomic mass is 10.0. The number of aliphatic hydroxyl groups excluding tert-OH is 1. The molecule has 9 heteroatoms. The number of carbonyl (C=O) groups excluding carboxylic acids is 3. The summed E-state index contributed by atoms with van der Waals surface area (Å²) in [5.41, 5.74) is 0.735. The van der Waals surface area contributed by atoms with Gasteiger partial charge < -0.3 is 19.9 Å². The van der Waals surface area contributed by atoms with Crippen molar-refractivity contribution in [3.63, 3.8) is 0 Å². The Morgan fingerprint density at radius 1 is 1.10 bits per heavy atom. The average molecular weight is 429 g/mol. The summed E-state index contributed by atoms with van der Waals surface area (Å²) >= 11 is 6.19. The second-order valence-electron chi connectivity index (χ2n) is 6.55. The molecule has 0 fully saturated rings. The number of aliphatic hydroxyl groups is 1. The zero-order valence-electron chi connectivity index (χ0n) is 15.7. The number of carbonyl (C=O) groups is 3. The molecule has 0 spiro atoms. The van der Waals surface area contributed by atoms with Crippen LogP contribution >= 0.6 is 11.6 Å². The van der Waals surface area contributed by atoms with E-state index in [0.717, 1.165) is 11.0 Å². The van der Waals surface area contributed by atoms with Crippen LogP contribution in [-0.4, -0.2) is 54.0 Å². The third-order valence-corrected chi connectivity index (χ3v) is 4.98. The van der Waals surface area contributed by atoms with Crippen LogP contribution in [0.3, 0.4) is 0 Å². The van der Waals surface area contributed by atoms with Gasteiger partial charge in [-0.25, -0.2) is 0 Å². The summed E-state index contributed by atoms with van der Waals surface area (Å²) < 4.78 is 11.2. The maximum atomic E-state index is 13.2. The Labute approximate surface area is 176 Å². The third-order valence-electron chi connectivity index (χ3n) is 4.65. The zero-order chi connectivity index (χ0) is 21.3. The molecule has 2 heterocycles. The molecule has 0 radical (unpaired) electrons.